The first-order chi connectivity index (χ1) is 14.3. The van der Waals surface area contributed by atoms with Crippen LogP contribution in [0.3, 0.4) is 0 Å². The maximum absolute atomic E-state index is 12.4. The average molecular weight is 448 g/mol. The number of nitrogens with zero attached hydrogens (tertiary/aromatic N) is 3. The van der Waals surface area contributed by atoms with Gasteiger partial charge in [-0.3, -0.25) is 14.5 Å². The average Bonchev–Trinajstić information content (AvgIpc) is 2.74. The minimum absolute atomic E-state index is 0.00722. The summed E-state index contributed by atoms with van der Waals surface area (Å²) in [7, 11) is -3.91. The van der Waals surface area contributed by atoms with Gasteiger partial charge >= 0.3 is 5.97 Å². The summed E-state index contributed by atoms with van der Waals surface area (Å²) in [6.07, 6.45) is 2.86. The van der Waals surface area contributed by atoms with E-state index >= 15 is 0 Å². The fourth-order valence-corrected chi connectivity index (χ4v) is 3.28. The van der Waals surface area contributed by atoms with Crippen molar-refractivity contribution >= 4 is 45.0 Å². The number of halogens is 1. The van der Waals surface area contributed by atoms with Gasteiger partial charge in [-0.1, -0.05) is 11.6 Å². The van der Waals surface area contributed by atoms with Gasteiger partial charge in [0.2, 0.25) is 0 Å². The van der Waals surface area contributed by atoms with E-state index in [4.69, 9.17) is 16.3 Å². The van der Waals surface area contributed by atoms with Crippen LogP contribution in [-0.4, -0.2) is 42.1 Å². The summed E-state index contributed by atoms with van der Waals surface area (Å²) in [6, 6.07) is 11.1. The molecule has 2 heterocycles. The van der Waals surface area contributed by atoms with Crippen LogP contribution < -0.4 is 10.0 Å². The largest absolute Gasteiger partial charge is 0.452 e. The number of pyridine rings is 1. The minimum Gasteiger partial charge on any atom is -0.452 e. The number of esters is 1. The number of rotatable bonds is 7. The van der Waals surface area contributed by atoms with Gasteiger partial charge in [0, 0.05) is 18.1 Å². The van der Waals surface area contributed by atoms with Crippen molar-refractivity contribution in [1.29, 1.82) is 0 Å². The molecule has 0 saturated heterocycles. The fraction of sp³-hybridized carbons (Fsp3) is 0.0556. The highest BCUT2D eigenvalue weighted by molar-refractivity contribution is 7.92. The summed E-state index contributed by atoms with van der Waals surface area (Å²) >= 11 is 5.61. The summed E-state index contributed by atoms with van der Waals surface area (Å²) in [5.41, 5.74) is 0.593. The van der Waals surface area contributed by atoms with E-state index in [0.29, 0.717) is 5.69 Å². The summed E-state index contributed by atoms with van der Waals surface area (Å²) in [4.78, 5) is 27.5. The smallest absolute Gasteiger partial charge is 0.338 e. The fourth-order valence-electron chi connectivity index (χ4n) is 2.18. The highest BCUT2D eigenvalue weighted by atomic mass is 35.5. The van der Waals surface area contributed by atoms with Crippen molar-refractivity contribution in [3.63, 3.8) is 0 Å². The molecule has 0 bridgehead atoms. The van der Waals surface area contributed by atoms with Crippen molar-refractivity contribution in [2.75, 3.05) is 16.6 Å². The van der Waals surface area contributed by atoms with E-state index in [1.807, 2.05) is 0 Å². The minimum atomic E-state index is -3.91. The Morgan fingerprint density at radius 3 is 2.30 bits per heavy atom. The number of aromatic nitrogens is 3. The first-order valence-corrected chi connectivity index (χ1v) is 10.2. The summed E-state index contributed by atoms with van der Waals surface area (Å²) in [6.45, 7) is -0.502. The normalized spacial score (nSPS) is 10.8. The predicted octanol–water partition coefficient (Wildman–Crippen LogP) is 2.12. The van der Waals surface area contributed by atoms with Gasteiger partial charge in [-0.25, -0.2) is 13.2 Å². The van der Waals surface area contributed by atoms with Gasteiger partial charge in [-0.15, -0.1) is 10.2 Å². The van der Waals surface area contributed by atoms with Gasteiger partial charge in [-0.2, -0.15) is 0 Å². The Hall–Kier alpha value is -3.57. The highest BCUT2D eigenvalue weighted by Gasteiger charge is 2.16. The molecule has 1 amide bonds. The Bertz CT molecular complexity index is 1140. The number of nitrogens with one attached hydrogen (secondary N) is 2. The molecular formula is C18H14ClN5O5S. The number of hydrogen-bond acceptors (Lipinski definition) is 8. The van der Waals surface area contributed by atoms with E-state index in [1.54, 1.807) is 0 Å². The topological polar surface area (TPSA) is 140 Å². The van der Waals surface area contributed by atoms with Gasteiger partial charge in [0.25, 0.3) is 15.9 Å². The number of sulfonamides is 1. The second kappa shape index (κ2) is 9.29. The van der Waals surface area contributed by atoms with E-state index < -0.39 is 28.5 Å². The van der Waals surface area contributed by atoms with E-state index in [0.717, 1.165) is 0 Å². The monoisotopic (exact) mass is 447 g/mol. The zero-order valence-corrected chi connectivity index (χ0v) is 16.7. The zero-order valence-electron chi connectivity index (χ0n) is 15.1. The number of carbonyl (C=O) groups excluding carboxylic acids is 2. The molecule has 0 aliphatic rings. The predicted molar refractivity (Wildman–Crippen MR) is 107 cm³/mol. The van der Waals surface area contributed by atoms with Gasteiger partial charge < -0.3 is 10.1 Å². The van der Waals surface area contributed by atoms with Crippen LogP contribution in [-0.2, 0) is 19.6 Å². The zero-order chi connectivity index (χ0) is 21.6. The number of carbonyl (C=O) groups is 2. The van der Waals surface area contributed by atoms with Crippen molar-refractivity contribution in [2.24, 2.45) is 0 Å². The molecule has 3 aromatic rings. The third-order valence-corrected chi connectivity index (χ3v) is 5.14. The van der Waals surface area contributed by atoms with Crippen molar-refractivity contribution < 1.29 is 22.7 Å². The maximum Gasteiger partial charge on any atom is 0.338 e. The van der Waals surface area contributed by atoms with E-state index in [2.05, 4.69) is 25.2 Å². The molecule has 0 aliphatic carbocycles. The second-order valence-corrected chi connectivity index (χ2v) is 7.80. The lowest BCUT2D eigenvalue weighted by atomic mass is 10.3. The van der Waals surface area contributed by atoms with E-state index in [1.165, 1.54) is 60.9 Å². The third kappa shape index (κ3) is 5.72. The number of amides is 1. The summed E-state index contributed by atoms with van der Waals surface area (Å²) in [5, 5.41) is 9.82. The van der Waals surface area contributed by atoms with Crippen LogP contribution in [0.15, 0.2) is 65.8 Å². The van der Waals surface area contributed by atoms with Crippen molar-refractivity contribution in [1.82, 2.24) is 15.2 Å². The number of hydrogen-bond donors (Lipinski definition) is 2. The lowest BCUT2D eigenvalue weighted by Gasteiger charge is -2.09. The Kier molecular flexibility index (Phi) is 6.54. The third-order valence-electron chi connectivity index (χ3n) is 3.57. The van der Waals surface area contributed by atoms with Crippen LogP contribution in [0.5, 0.6) is 0 Å². The SMILES string of the molecule is O=C(COC(=O)c1ccncc1)Nc1ccc(S(=O)(=O)Nc2ccc(Cl)nn2)cc1. The van der Waals surface area contributed by atoms with Crippen molar-refractivity contribution in [3.05, 3.63) is 71.6 Å². The summed E-state index contributed by atoms with van der Waals surface area (Å²) < 4.78 is 31.9. The molecule has 0 aliphatic heterocycles. The molecule has 12 heteroatoms. The molecule has 0 radical (unpaired) electrons. The van der Waals surface area contributed by atoms with Crippen LogP contribution in [0, 0.1) is 0 Å². The second-order valence-electron chi connectivity index (χ2n) is 5.73. The Morgan fingerprint density at radius 2 is 1.67 bits per heavy atom. The number of benzene rings is 1. The van der Waals surface area contributed by atoms with Crippen LogP contribution >= 0.6 is 11.6 Å². The molecule has 30 heavy (non-hydrogen) atoms. The first kappa shape index (κ1) is 21.1. The first-order valence-electron chi connectivity index (χ1n) is 8.32. The molecule has 0 spiro atoms. The quantitative estimate of drug-likeness (QED) is 0.525. The molecule has 0 saturated carbocycles. The molecule has 1 aromatic carbocycles. The number of anilines is 2. The molecule has 10 nitrogen and oxygen atoms in total. The number of ether oxygens (including phenoxy) is 1. The molecule has 0 unspecified atom stereocenters. The van der Waals surface area contributed by atoms with Crippen molar-refractivity contribution in [2.45, 2.75) is 4.90 Å². The van der Waals surface area contributed by atoms with Crippen molar-refractivity contribution in [3.8, 4) is 0 Å². The molecule has 0 fully saturated rings. The lowest BCUT2D eigenvalue weighted by molar-refractivity contribution is -0.119. The van der Waals surface area contributed by atoms with Gasteiger partial charge in [0.05, 0.1) is 10.5 Å². The van der Waals surface area contributed by atoms with Crippen LogP contribution in [0.1, 0.15) is 10.4 Å². The molecule has 3 rings (SSSR count). The lowest BCUT2D eigenvalue weighted by Crippen LogP contribution is -2.21. The Morgan fingerprint density at radius 1 is 0.967 bits per heavy atom. The van der Waals surface area contributed by atoms with Crippen LogP contribution in [0.2, 0.25) is 5.15 Å². The van der Waals surface area contributed by atoms with E-state index in [-0.39, 0.29) is 21.4 Å². The highest BCUT2D eigenvalue weighted by Crippen LogP contribution is 2.17. The molecule has 0 atom stereocenters. The Labute approximate surface area is 176 Å². The van der Waals surface area contributed by atoms with Crippen LogP contribution in [0.25, 0.3) is 0 Å². The van der Waals surface area contributed by atoms with E-state index in [9.17, 15) is 18.0 Å². The standard InChI is InChI=1S/C18H14ClN5O5S/c19-15-5-6-16(23-22-15)24-30(27,28)14-3-1-13(2-4-14)21-17(25)11-29-18(26)12-7-9-20-10-8-12/h1-10H,11H2,(H,21,25)(H,23,24). The van der Waals surface area contributed by atoms with Crippen LogP contribution in [0.4, 0.5) is 11.5 Å². The maximum atomic E-state index is 12.4. The molecule has 154 valence electrons. The Balaban J connectivity index is 1.56. The molecule has 2 aromatic heterocycles. The van der Waals surface area contributed by atoms with Gasteiger partial charge in [0.1, 0.15) is 0 Å². The molecular weight excluding hydrogens is 434 g/mol. The van der Waals surface area contributed by atoms with Gasteiger partial charge in [-0.05, 0) is 48.5 Å². The molecule has 2 N–H and O–H groups in total. The summed E-state index contributed by atoms with van der Waals surface area (Å²) in [5.74, 6) is -1.24. The van der Waals surface area contributed by atoms with Gasteiger partial charge in [0.15, 0.2) is 17.6 Å².